The van der Waals surface area contributed by atoms with Gasteiger partial charge in [0.15, 0.2) is 5.78 Å². The van der Waals surface area contributed by atoms with E-state index in [2.05, 4.69) is 4.98 Å². The van der Waals surface area contributed by atoms with Crippen molar-refractivity contribution in [2.24, 2.45) is 0 Å². The molecule has 0 radical (unpaired) electrons. The third-order valence-corrected chi connectivity index (χ3v) is 7.01. The van der Waals surface area contributed by atoms with E-state index in [0.717, 1.165) is 26.8 Å². The number of fused-ring (bicyclic) bond motifs is 2. The van der Waals surface area contributed by atoms with Gasteiger partial charge >= 0.3 is 0 Å². The van der Waals surface area contributed by atoms with E-state index in [1.165, 1.54) is 6.20 Å². The molecule has 0 bridgehead atoms. The van der Waals surface area contributed by atoms with Crippen molar-refractivity contribution in [2.75, 3.05) is 6.54 Å². The number of amides is 1. The SMILES string of the molecule is N#C[C@@H]1CCC(F)(F)CN1C(=O)CCC(=O)c1ccnc2ccc(-c3ccc4cc(Cl)ccc4c3)cc12. The minimum atomic E-state index is -3.03. The lowest BCUT2D eigenvalue weighted by Crippen LogP contribution is -2.51. The summed E-state index contributed by atoms with van der Waals surface area (Å²) in [5.41, 5.74) is 2.90. The highest BCUT2D eigenvalue weighted by Crippen LogP contribution is 2.32. The average Bonchev–Trinajstić information content (AvgIpc) is 2.90. The van der Waals surface area contributed by atoms with Crippen LogP contribution < -0.4 is 0 Å². The molecule has 0 spiro atoms. The van der Waals surface area contributed by atoms with Crippen LogP contribution in [0.4, 0.5) is 8.78 Å². The van der Waals surface area contributed by atoms with Crippen LogP contribution in [-0.4, -0.2) is 40.1 Å². The Hall–Kier alpha value is -3.89. The summed E-state index contributed by atoms with van der Waals surface area (Å²) in [5, 5.41) is 12.6. The number of ketones is 1. The number of carbonyl (C=O) groups excluding carboxylic acids is 2. The number of likely N-dealkylation sites (tertiary alicyclic amines) is 1. The molecule has 1 aromatic heterocycles. The summed E-state index contributed by atoms with van der Waals surface area (Å²) in [7, 11) is 0. The van der Waals surface area contributed by atoms with E-state index in [9.17, 15) is 23.6 Å². The van der Waals surface area contributed by atoms with Gasteiger partial charge in [-0.1, -0.05) is 35.9 Å². The van der Waals surface area contributed by atoms with Crippen LogP contribution in [0, 0.1) is 11.3 Å². The van der Waals surface area contributed by atoms with Crippen molar-refractivity contribution >= 4 is 45.0 Å². The number of carbonyl (C=O) groups is 2. The van der Waals surface area contributed by atoms with E-state index >= 15 is 0 Å². The van der Waals surface area contributed by atoms with E-state index in [1.54, 1.807) is 6.07 Å². The van der Waals surface area contributed by atoms with Crippen molar-refractivity contribution < 1.29 is 18.4 Å². The van der Waals surface area contributed by atoms with Crippen LogP contribution in [0.5, 0.6) is 0 Å². The number of rotatable bonds is 5. The largest absolute Gasteiger partial charge is 0.321 e. The number of halogens is 3. The molecule has 1 aliphatic rings. The van der Waals surface area contributed by atoms with Crippen LogP contribution in [0.3, 0.4) is 0 Å². The number of aromatic nitrogens is 1. The highest BCUT2D eigenvalue weighted by atomic mass is 35.5. The van der Waals surface area contributed by atoms with Crippen molar-refractivity contribution in [3.63, 3.8) is 0 Å². The van der Waals surface area contributed by atoms with Crippen LogP contribution in [0.25, 0.3) is 32.8 Å². The minimum absolute atomic E-state index is 0.0806. The molecule has 1 atom stereocenters. The standard InChI is InChI=1S/C29H22ClF2N3O2/c30-22-5-3-19-13-18(1-2-20(19)14-22)21-4-6-26-25(15-21)24(10-12-34-26)27(36)7-8-28(37)35-17-29(31,32)11-9-23(35)16-33/h1-6,10,12-15,23H,7-9,11,17H2/t23-/m0/s1. The van der Waals surface area contributed by atoms with Gasteiger partial charge in [-0.15, -0.1) is 0 Å². The van der Waals surface area contributed by atoms with E-state index in [4.69, 9.17) is 11.6 Å². The minimum Gasteiger partial charge on any atom is -0.321 e. The third-order valence-electron chi connectivity index (χ3n) is 6.77. The molecule has 1 fully saturated rings. The summed E-state index contributed by atoms with van der Waals surface area (Å²) in [4.78, 5) is 31.1. The van der Waals surface area contributed by atoms with Gasteiger partial charge in [-0.05, 0) is 64.7 Å². The zero-order valence-corrected chi connectivity index (χ0v) is 20.5. The number of piperidine rings is 1. The van der Waals surface area contributed by atoms with Crippen molar-refractivity contribution in [2.45, 2.75) is 37.6 Å². The maximum atomic E-state index is 13.9. The summed E-state index contributed by atoms with van der Waals surface area (Å²) >= 11 is 6.09. The van der Waals surface area contributed by atoms with Crippen molar-refractivity contribution in [3.05, 3.63) is 77.4 Å². The van der Waals surface area contributed by atoms with Gasteiger partial charge in [0.25, 0.3) is 5.92 Å². The summed E-state index contributed by atoms with van der Waals surface area (Å²) in [6, 6.07) is 20.0. The molecule has 1 aliphatic heterocycles. The van der Waals surface area contributed by atoms with Crippen LogP contribution in [0.15, 0.2) is 66.9 Å². The molecule has 4 aromatic rings. The highest BCUT2D eigenvalue weighted by Gasteiger charge is 2.42. The number of nitriles is 1. The van der Waals surface area contributed by atoms with Crippen LogP contribution in [-0.2, 0) is 4.79 Å². The molecule has 3 aromatic carbocycles. The van der Waals surface area contributed by atoms with Gasteiger partial charge in [0.1, 0.15) is 6.04 Å². The van der Waals surface area contributed by atoms with Gasteiger partial charge in [0, 0.05) is 41.4 Å². The number of Topliss-reactive ketones (excluding diaryl/α,β-unsaturated/α-hetero) is 1. The summed E-state index contributed by atoms with van der Waals surface area (Å²) in [5.74, 6) is -3.93. The Morgan fingerprint density at radius 1 is 1.03 bits per heavy atom. The van der Waals surface area contributed by atoms with E-state index in [1.807, 2.05) is 60.7 Å². The molecule has 0 N–H and O–H groups in total. The monoisotopic (exact) mass is 517 g/mol. The molecular weight excluding hydrogens is 496 g/mol. The second-order valence-corrected chi connectivity index (χ2v) is 9.72. The van der Waals surface area contributed by atoms with Gasteiger partial charge in [0.05, 0.1) is 18.1 Å². The van der Waals surface area contributed by atoms with Gasteiger partial charge in [-0.25, -0.2) is 8.78 Å². The fraction of sp³-hybridized carbons (Fsp3) is 0.241. The lowest BCUT2D eigenvalue weighted by atomic mass is 9.96. The topological polar surface area (TPSA) is 74.1 Å². The second kappa shape index (κ2) is 9.87. The Kier molecular flexibility index (Phi) is 6.61. The summed E-state index contributed by atoms with van der Waals surface area (Å²) in [6.07, 6.45) is 0.629. The molecule has 2 heterocycles. The van der Waals surface area contributed by atoms with Gasteiger partial charge < -0.3 is 4.90 Å². The second-order valence-electron chi connectivity index (χ2n) is 9.28. The molecule has 8 heteroatoms. The first-order chi connectivity index (χ1) is 17.7. The number of benzene rings is 3. The lowest BCUT2D eigenvalue weighted by molar-refractivity contribution is -0.144. The van der Waals surface area contributed by atoms with Crippen LogP contribution >= 0.6 is 11.6 Å². The molecule has 0 saturated carbocycles. The Labute approximate surface area is 217 Å². The first kappa shape index (κ1) is 24.8. The molecular formula is C29H22ClF2N3O2. The third kappa shape index (κ3) is 5.16. The molecule has 1 saturated heterocycles. The number of alkyl halides is 2. The first-order valence-corrected chi connectivity index (χ1v) is 12.3. The first-order valence-electron chi connectivity index (χ1n) is 11.9. The number of hydrogen-bond donors (Lipinski definition) is 0. The van der Waals surface area contributed by atoms with E-state index in [-0.39, 0.29) is 25.0 Å². The maximum Gasteiger partial charge on any atom is 0.265 e. The molecule has 37 heavy (non-hydrogen) atoms. The predicted molar refractivity (Wildman–Crippen MR) is 139 cm³/mol. The zero-order chi connectivity index (χ0) is 26.2. The van der Waals surface area contributed by atoms with Crippen molar-refractivity contribution in [1.29, 1.82) is 5.26 Å². The Bertz CT molecular complexity index is 1580. The predicted octanol–water partition coefficient (Wildman–Crippen LogP) is 6.82. The van der Waals surface area contributed by atoms with Crippen LogP contribution in [0.1, 0.15) is 36.0 Å². The summed E-state index contributed by atoms with van der Waals surface area (Å²) < 4.78 is 27.7. The van der Waals surface area contributed by atoms with Gasteiger partial charge in [-0.3, -0.25) is 14.6 Å². The summed E-state index contributed by atoms with van der Waals surface area (Å²) in [6.45, 7) is -0.794. The fourth-order valence-electron chi connectivity index (χ4n) is 4.80. The lowest BCUT2D eigenvalue weighted by Gasteiger charge is -2.36. The van der Waals surface area contributed by atoms with E-state index in [0.29, 0.717) is 21.5 Å². The molecule has 1 amide bonds. The Morgan fingerprint density at radius 2 is 1.76 bits per heavy atom. The number of hydrogen-bond acceptors (Lipinski definition) is 4. The highest BCUT2D eigenvalue weighted by molar-refractivity contribution is 6.31. The molecule has 5 nitrogen and oxygen atoms in total. The normalized spacial score (nSPS) is 17.0. The zero-order valence-electron chi connectivity index (χ0n) is 19.8. The Balaban J connectivity index is 1.39. The average molecular weight is 518 g/mol. The fourth-order valence-corrected chi connectivity index (χ4v) is 4.98. The number of nitrogens with zero attached hydrogens (tertiary/aromatic N) is 3. The smallest absolute Gasteiger partial charge is 0.265 e. The van der Waals surface area contributed by atoms with Gasteiger partial charge in [-0.2, -0.15) is 5.26 Å². The quantitative estimate of drug-likeness (QED) is 0.272. The van der Waals surface area contributed by atoms with E-state index < -0.39 is 30.8 Å². The Morgan fingerprint density at radius 3 is 2.57 bits per heavy atom. The number of pyridine rings is 1. The van der Waals surface area contributed by atoms with Crippen molar-refractivity contribution in [1.82, 2.24) is 9.88 Å². The van der Waals surface area contributed by atoms with Gasteiger partial charge in [0.2, 0.25) is 5.91 Å². The molecule has 186 valence electrons. The molecule has 0 aliphatic carbocycles. The maximum absolute atomic E-state index is 13.9. The molecule has 5 rings (SSSR count). The van der Waals surface area contributed by atoms with Crippen molar-refractivity contribution in [3.8, 4) is 17.2 Å². The van der Waals surface area contributed by atoms with Crippen LogP contribution in [0.2, 0.25) is 5.02 Å². The molecule has 0 unspecified atom stereocenters.